The van der Waals surface area contributed by atoms with Crippen LogP contribution in [0.2, 0.25) is 0 Å². The van der Waals surface area contributed by atoms with E-state index < -0.39 is 9.15 Å². The zero-order valence-electron chi connectivity index (χ0n) is 2.80. The van der Waals surface area contributed by atoms with Crippen molar-refractivity contribution in [3.05, 3.63) is 0 Å². The first-order valence-corrected chi connectivity index (χ1v) is 5.21. The topological polar surface area (TPSA) is 54.4 Å². The molecule has 8 heteroatoms. The van der Waals surface area contributed by atoms with Gasteiger partial charge in [-0.25, -0.2) is 0 Å². The Bertz CT molecular complexity index is 100. The summed E-state index contributed by atoms with van der Waals surface area (Å²) in [5.74, 6) is 0. The fourth-order valence-corrected chi connectivity index (χ4v) is 0. The molecule has 52 valence electrons. The Labute approximate surface area is 91.1 Å². The van der Waals surface area contributed by atoms with Gasteiger partial charge in [-0.3, -0.25) is 4.55 Å². The van der Waals surface area contributed by atoms with Gasteiger partial charge in [-0.2, -0.15) is 8.42 Å². The molecule has 0 spiro atoms. The maximum atomic E-state index is 9.05. The molecule has 0 saturated heterocycles. The summed E-state index contributed by atoms with van der Waals surface area (Å²) in [6.07, 6.45) is 0. The predicted molar refractivity (Wildman–Crippen MR) is 33.5 cm³/mol. The summed E-state index contributed by atoms with van der Waals surface area (Å²) in [4.78, 5) is 0. The van der Waals surface area contributed by atoms with Crippen LogP contribution in [-0.2, 0) is 29.1 Å². The Balaban J connectivity index is -0.0000000750. The van der Waals surface area contributed by atoms with E-state index in [1.807, 2.05) is 0 Å². The van der Waals surface area contributed by atoms with Crippen molar-refractivity contribution in [1.29, 1.82) is 0 Å². The van der Waals surface area contributed by atoms with E-state index in [9.17, 15) is 0 Å². The van der Waals surface area contributed by atoms with Crippen molar-refractivity contribution < 1.29 is 33.0 Å². The Morgan fingerprint density at radius 3 is 1.50 bits per heavy atom. The van der Waals surface area contributed by atoms with Gasteiger partial charge in [-0.05, 0) is 11.7 Å². The van der Waals surface area contributed by atoms with Crippen LogP contribution < -0.4 is 0 Å². The normalized spacial score (nSPS) is 8.12. The first kappa shape index (κ1) is 16.7. The molecule has 0 aromatic heterocycles. The molecule has 0 rings (SSSR count). The Morgan fingerprint density at radius 1 is 1.50 bits per heavy atom. The van der Waals surface area contributed by atoms with Gasteiger partial charge in [0.2, 0.25) is 0 Å². The summed E-state index contributed by atoms with van der Waals surface area (Å²) >= 11 is 5.07. The molecule has 0 fully saturated rings. The number of hydrogen-bond acceptors (Lipinski definition) is 2. The zero-order chi connectivity index (χ0) is 6.50. The van der Waals surface area contributed by atoms with Crippen molar-refractivity contribution in [2.24, 2.45) is 0 Å². The van der Waals surface area contributed by atoms with Gasteiger partial charge < -0.3 is 0 Å². The molecular weight excluding hydrogens is 278 g/mol. The van der Waals surface area contributed by atoms with E-state index >= 15 is 0 Å². The third-order valence-electron chi connectivity index (χ3n) is 0. The van der Waals surface area contributed by atoms with E-state index in [0.717, 1.165) is 0 Å². The molecule has 0 unspecified atom stereocenters. The van der Waals surface area contributed by atoms with E-state index in [-0.39, 0.29) is 29.6 Å². The van der Waals surface area contributed by atoms with Gasteiger partial charge in [0, 0.05) is 0 Å². The molecule has 0 amide bonds. The standard InChI is InChI=1S/Ag.ClH.Na.H2O3S2.H/c;;;1-5(2,3)4;/h;1H;;(H2,1,2,3,4);/q+1;;;;/p-1. The SMILES string of the molecule is O=S(=O)(O)S.[Cl][Ag].[NaH]. The van der Waals surface area contributed by atoms with E-state index in [2.05, 4.69) is 40.8 Å². The second kappa shape index (κ2) is 9.29. The predicted octanol–water partition coefficient (Wildman–Crippen LogP) is -0.242. The van der Waals surface area contributed by atoms with Crippen molar-refractivity contribution in [1.82, 2.24) is 0 Å². The van der Waals surface area contributed by atoms with Crippen LogP contribution in [0.3, 0.4) is 0 Å². The third-order valence-corrected chi connectivity index (χ3v) is 0. The molecule has 0 saturated carbocycles. The van der Waals surface area contributed by atoms with Crippen molar-refractivity contribution in [2.75, 3.05) is 0 Å². The maximum absolute atomic E-state index is 9.05. The molecule has 0 aliphatic heterocycles. The van der Waals surface area contributed by atoms with E-state index in [1.165, 1.54) is 0 Å². The fraction of sp³-hybridized carbons (Fsp3) is 0. The molecule has 0 aliphatic carbocycles. The van der Waals surface area contributed by atoms with Gasteiger partial charge in [0.15, 0.2) is 0 Å². The van der Waals surface area contributed by atoms with Crippen molar-refractivity contribution in [3.8, 4) is 0 Å². The van der Waals surface area contributed by atoms with E-state index in [0.29, 0.717) is 0 Å². The fourth-order valence-electron chi connectivity index (χ4n) is 0. The number of thiol groups is 1. The van der Waals surface area contributed by atoms with Crippen molar-refractivity contribution in [2.45, 2.75) is 0 Å². The molecule has 8 heavy (non-hydrogen) atoms. The van der Waals surface area contributed by atoms with Gasteiger partial charge in [0.05, 0.1) is 0 Å². The molecule has 0 aliphatic rings. The van der Waals surface area contributed by atoms with Gasteiger partial charge in [0.1, 0.15) is 0 Å². The van der Waals surface area contributed by atoms with Crippen LogP contribution in [0.5, 0.6) is 0 Å². The van der Waals surface area contributed by atoms with Gasteiger partial charge in [-0.1, -0.05) is 0 Å². The van der Waals surface area contributed by atoms with Gasteiger partial charge in [-0.15, -0.1) is 0 Å². The van der Waals surface area contributed by atoms with Crippen LogP contribution >= 0.6 is 20.9 Å². The van der Waals surface area contributed by atoms with Crippen molar-refractivity contribution in [3.63, 3.8) is 0 Å². The third kappa shape index (κ3) is 84.0. The average molecular weight is 281 g/mol. The molecule has 0 radical (unpaired) electrons. The summed E-state index contributed by atoms with van der Waals surface area (Å²) in [5, 5.41) is 0. The van der Waals surface area contributed by atoms with Crippen molar-refractivity contribution >= 4 is 59.6 Å². The minimum atomic E-state index is -3.97. The zero-order valence-corrected chi connectivity index (χ0v) is 6.75. The first-order valence-electron chi connectivity index (χ1n) is 0.812. The molecule has 0 aromatic rings. The second-order valence-corrected chi connectivity index (χ2v) is 2.73. The summed E-state index contributed by atoms with van der Waals surface area (Å²) < 4.78 is 25.5. The van der Waals surface area contributed by atoms with Crippen LogP contribution in [0.4, 0.5) is 0 Å². The second-order valence-electron chi connectivity index (χ2n) is 0.448. The quantitative estimate of drug-likeness (QED) is 0.279. The van der Waals surface area contributed by atoms with E-state index in [4.69, 9.17) is 13.0 Å². The molecule has 0 bridgehead atoms. The number of halogens is 1. The molecule has 0 aromatic carbocycles. The van der Waals surface area contributed by atoms with Crippen LogP contribution in [-0.4, -0.2) is 42.5 Å². The Morgan fingerprint density at radius 2 is 1.50 bits per heavy atom. The Kier molecular flexibility index (Phi) is 19.4. The van der Waals surface area contributed by atoms with Gasteiger partial charge in [0.25, 0.3) is 0 Å². The number of rotatable bonds is 0. The summed E-state index contributed by atoms with van der Waals surface area (Å²) in [7, 11) is 0.477. The van der Waals surface area contributed by atoms with E-state index in [1.54, 1.807) is 0 Å². The minimum absolute atomic E-state index is 0. The monoisotopic (exact) mass is 280 g/mol. The summed E-state index contributed by atoms with van der Waals surface area (Å²) in [6, 6.07) is 0. The van der Waals surface area contributed by atoms with Crippen LogP contribution in [0.25, 0.3) is 0 Å². The molecule has 1 N–H and O–H groups in total. The summed E-state index contributed by atoms with van der Waals surface area (Å²) in [5.41, 5.74) is 0. The Hall–Kier alpha value is 2.29. The summed E-state index contributed by atoms with van der Waals surface area (Å²) in [6.45, 7) is 0. The molecular formula is H3AgClNaO3S2. The first-order chi connectivity index (χ1) is 3.00. The van der Waals surface area contributed by atoms with Gasteiger partial charge >= 0.3 is 67.9 Å². The molecule has 3 nitrogen and oxygen atoms in total. The number of hydrogen-bond donors (Lipinski definition) is 2. The average Bonchev–Trinajstić information content (AvgIpc) is 1.36. The molecule has 0 atom stereocenters. The molecule has 0 heterocycles. The van der Waals surface area contributed by atoms with Crippen LogP contribution in [0.15, 0.2) is 0 Å². The van der Waals surface area contributed by atoms with Crippen LogP contribution in [0.1, 0.15) is 0 Å². The van der Waals surface area contributed by atoms with Crippen LogP contribution in [0, 0.1) is 0 Å².